The minimum atomic E-state index is -0.394. The molecule has 188 valence electrons. The third-order valence-corrected chi connectivity index (χ3v) is 7.21. The van der Waals surface area contributed by atoms with Crippen molar-refractivity contribution in [1.29, 1.82) is 0 Å². The second-order valence-electron chi connectivity index (χ2n) is 8.90. The van der Waals surface area contributed by atoms with E-state index in [2.05, 4.69) is 22.3 Å². The highest BCUT2D eigenvalue weighted by Crippen LogP contribution is 2.31. The second-order valence-corrected chi connectivity index (χ2v) is 9.74. The number of carbonyl (C=O) groups excluding carboxylic acids is 1. The summed E-state index contributed by atoms with van der Waals surface area (Å²) in [5.41, 5.74) is 4.39. The van der Waals surface area contributed by atoms with Gasteiger partial charge in [-0.25, -0.2) is 4.98 Å². The summed E-state index contributed by atoms with van der Waals surface area (Å²) in [4.78, 5) is 32.6. The smallest absolute Gasteiger partial charge is 0.270 e. The Morgan fingerprint density at radius 1 is 0.973 bits per heavy atom. The molecule has 9 heteroatoms. The molecule has 1 fully saturated rings. The summed E-state index contributed by atoms with van der Waals surface area (Å²) in [6.07, 6.45) is 0. The summed E-state index contributed by atoms with van der Waals surface area (Å²) in [5, 5.41) is 17.2. The molecule has 4 aromatic rings. The number of nitrogens with one attached hydrogen (secondary N) is 1. The van der Waals surface area contributed by atoms with Gasteiger partial charge in [-0.15, -0.1) is 11.3 Å². The van der Waals surface area contributed by atoms with E-state index in [0.717, 1.165) is 42.4 Å². The number of carbonyl (C=O) groups is 1. The van der Waals surface area contributed by atoms with E-state index in [0.29, 0.717) is 29.9 Å². The zero-order valence-electron chi connectivity index (χ0n) is 20.2. The Bertz CT molecular complexity index is 1370. The molecule has 0 radical (unpaired) electrons. The molecule has 2 heterocycles. The van der Waals surface area contributed by atoms with Crippen molar-refractivity contribution in [2.75, 3.05) is 31.1 Å². The number of aromatic nitrogens is 1. The number of nitro benzene ring substituents is 1. The molecule has 0 saturated carbocycles. The van der Waals surface area contributed by atoms with Crippen molar-refractivity contribution >= 4 is 28.1 Å². The van der Waals surface area contributed by atoms with Gasteiger partial charge in [0.25, 0.3) is 11.6 Å². The van der Waals surface area contributed by atoms with Crippen LogP contribution in [-0.2, 0) is 13.1 Å². The zero-order valence-corrected chi connectivity index (χ0v) is 21.1. The Morgan fingerprint density at radius 3 is 2.38 bits per heavy atom. The highest BCUT2D eigenvalue weighted by atomic mass is 32.1. The summed E-state index contributed by atoms with van der Waals surface area (Å²) in [5.74, 6) is 0.0655. The van der Waals surface area contributed by atoms with Crippen LogP contribution < -0.4 is 10.2 Å². The van der Waals surface area contributed by atoms with Gasteiger partial charge in [-0.3, -0.25) is 14.9 Å². The van der Waals surface area contributed by atoms with Crippen LogP contribution in [0.15, 0.2) is 84.2 Å². The largest absolute Gasteiger partial charge is 0.339 e. The number of amides is 1. The lowest BCUT2D eigenvalue weighted by Gasteiger charge is -2.27. The molecule has 3 aromatic carbocycles. The third-order valence-electron chi connectivity index (χ3n) is 6.31. The predicted molar refractivity (Wildman–Crippen MR) is 146 cm³/mol. The fourth-order valence-electron chi connectivity index (χ4n) is 4.34. The molecule has 8 nitrogen and oxygen atoms in total. The van der Waals surface area contributed by atoms with Gasteiger partial charge in [0.15, 0.2) is 5.13 Å². The Labute approximate surface area is 219 Å². The lowest BCUT2D eigenvalue weighted by Crippen LogP contribution is -2.46. The number of rotatable bonds is 8. The number of non-ortho nitro benzene ring substituents is 1. The molecule has 5 rings (SSSR count). The molecular weight excluding hydrogens is 486 g/mol. The van der Waals surface area contributed by atoms with Gasteiger partial charge < -0.3 is 15.1 Å². The van der Waals surface area contributed by atoms with Crippen LogP contribution in [0, 0.1) is 10.1 Å². The molecule has 1 aliphatic heterocycles. The first-order valence-corrected chi connectivity index (χ1v) is 13.0. The number of nitrogens with zero attached hydrogens (tertiary/aromatic N) is 4. The number of nitro groups is 1. The number of thiazole rings is 1. The SMILES string of the molecule is O=C(c1ccc(CN(Cc2ccccc2)c2nc(-c3cccc([N+](=O)[O-])c3)cs2)cc1)N1CCNCC1. The standard InChI is InChI=1S/C28H27N5O3S/c34-27(31-15-13-29-14-16-31)23-11-9-22(10-12-23)19-32(18-21-5-2-1-3-6-21)28-30-26(20-37-28)24-7-4-8-25(17-24)33(35)36/h1-12,17,20,29H,13-16,18-19H2. The van der Waals surface area contributed by atoms with Gasteiger partial charge in [-0.2, -0.15) is 0 Å². The van der Waals surface area contributed by atoms with E-state index < -0.39 is 4.92 Å². The molecule has 1 N–H and O–H groups in total. The topological polar surface area (TPSA) is 91.6 Å². The summed E-state index contributed by atoms with van der Waals surface area (Å²) in [6, 6.07) is 24.5. The highest BCUT2D eigenvalue weighted by molar-refractivity contribution is 7.14. The summed E-state index contributed by atoms with van der Waals surface area (Å²) in [6.45, 7) is 4.36. The maximum atomic E-state index is 12.8. The van der Waals surface area contributed by atoms with E-state index in [1.807, 2.05) is 58.8 Å². The fraction of sp³-hybridized carbons (Fsp3) is 0.214. The molecule has 1 aromatic heterocycles. The summed E-state index contributed by atoms with van der Waals surface area (Å²) >= 11 is 1.51. The number of anilines is 1. The first kappa shape index (κ1) is 24.6. The van der Waals surface area contributed by atoms with Crippen LogP contribution in [0.4, 0.5) is 10.8 Å². The zero-order chi connectivity index (χ0) is 25.6. The molecular formula is C28H27N5O3S. The molecule has 37 heavy (non-hydrogen) atoms. The average molecular weight is 514 g/mol. The van der Waals surface area contributed by atoms with Gasteiger partial charge in [0, 0.05) is 67.9 Å². The minimum Gasteiger partial charge on any atom is -0.339 e. The summed E-state index contributed by atoms with van der Waals surface area (Å²) < 4.78 is 0. The molecule has 0 unspecified atom stereocenters. The van der Waals surface area contributed by atoms with Gasteiger partial charge in [0.2, 0.25) is 0 Å². The van der Waals surface area contributed by atoms with E-state index in [9.17, 15) is 14.9 Å². The predicted octanol–water partition coefficient (Wildman–Crippen LogP) is 4.97. The van der Waals surface area contributed by atoms with Crippen LogP contribution in [0.3, 0.4) is 0 Å². The van der Waals surface area contributed by atoms with Gasteiger partial charge in [0.05, 0.1) is 10.6 Å². The maximum absolute atomic E-state index is 12.8. The molecule has 1 aliphatic rings. The van der Waals surface area contributed by atoms with Crippen LogP contribution in [0.5, 0.6) is 0 Å². The maximum Gasteiger partial charge on any atom is 0.270 e. The first-order chi connectivity index (χ1) is 18.1. The minimum absolute atomic E-state index is 0.0450. The second kappa shape index (κ2) is 11.3. The average Bonchev–Trinajstić information content (AvgIpc) is 3.44. The Morgan fingerprint density at radius 2 is 1.68 bits per heavy atom. The van der Waals surface area contributed by atoms with E-state index in [1.165, 1.54) is 17.4 Å². The number of benzene rings is 3. The van der Waals surface area contributed by atoms with Gasteiger partial charge in [0.1, 0.15) is 0 Å². The van der Waals surface area contributed by atoms with Crippen LogP contribution in [0.25, 0.3) is 11.3 Å². The van der Waals surface area contributed by atoms with Crippen LogP contribution >= 0.6 is 11.3 Å². The van der Waals surface area contributed by atoms with Crippen molar-refractivity contribution in [2.45, 2.75) is 13.1 Å². The van der Waals surface area contributed by atoms with Crippen LogP contribution in [0.1, 0.15) is 21.5 Å². The van der Waals surface area contributed by atoms with E-state index in [1.54, 1.807) is 12.1 Å². The van der Waals surface area contributed by atoms with Crippen molar-refractivity contribution in [1.82, 2.24) is 15.2 Å². The lowest BCUT2D eigenvalue weighted by molar-refractivity contribution is -0.384. The van der Waals surface area contributed by atoms with Crippen molar-refractivity contribution in [3.05, 3.63) is 111 Å². The van der Waals surface area contributed by atoms with Crippen molar-refractivity contribution in [3.63, 3.8) is 0 Å². The van der Waals surface area contributed by atoms with Gasteiger partial charge >= 0.3 is 0 Å². The normalized spacial score (nSPS) is 13.4. The number of piperazine rings is 1. The van der Waals surface area contributed by atoms with Crippen LogP contribution in [0.2, 0.25) is 0 Å². The first-order valence-electron chi connectivity index (χ1n) is 12.1. The molecule has 0 bridgehead atoms. The quantitative estimate of drug-likeness (QED) is 0.264. The molecule has 0 aliphatic carbocycles. The number of hydrogen-bond acceptors (Lipinski definition) is 7. The van der Waals surface area contributed by atoms with E-state index in [-0.39, 0.29) is 11.6 Å². The fourth-order valence-corrected chi connectivity index (χ4v) is 5.17. The Kier molecular flexibility index (Phi) is 7.53. The number of hydrogen-bond donors (Lipinski definition) is 1. The monoisotopic (exact) mass is 513 g/mol. The molecule has 1 saturated heterocycles. The molecule has 0 spiro atoms. The molecule has 1 amide bonds. The van der Waals surface area contributed by atoms with Crippen molar-refractivity contribution < 1.29 is 9.72 Å². The van der Waals surface area contributed by atoms with Crippen molar-refractivity contribution in [3.8, 4) is 11.3 Å². The Hall–Kier alpha value is -4.08. The van der Waals surface area contributed by atoms with E-state index >= 15 is 0 Å². The van der Waals surface area contributed by atoms with Crippen LogP contribution in [-0.4, -0.2) is 46.9 Å². The van der Waals surface area contributed by atoms with Gasteiger partial charge in [-0.05, 0) is 23.3 Å². The Balaban J connectivity index is 1.37. The lowest BCUT2D eigenvalue weighted by atomic mass is 10.1. The van der Waals surface area contributed by atoms with E-state index in [4.69, 9.17) is 4.98 Å². The highest BCUT2D eigenvalue weighted by Gasteiger charge is 2.19. The van der Waals surface area contributed by atoms with Crippen molar-refractivity contribution in [2.24, 2.45) is 0 Å². The molecule has 0 atom stereocenters. The van der Waals surface area contributed by atoms with Gasteiger partial charge in [-0.1, -0.05) is 54.6 Å². The summed E-state index contributed by atoms with van der Waals surface area (Å²) in [7, 11) is 0. The third kappa shape index (κ3) is 6.02.